The van der Waals surface area contributed by atoms with E-state index in [1.807, 2.05) is 20.9 Å². The largest absolute Gasteiger partial charge is 0.350 e. The SMILES string of the molecule is CCN(CC)C(=O)CN(C)c1ccnc(NN)n1. The van der Waals surface area contributed by atoms with E-state index in [0.717, 1.165) is 0 Å². The second-order valence-electron chi connectivity index (χ2n) is 3.80. The number of hydrogen-bond donors (Lipinski definition) is 2. The van der Waals surface area contributed by atoms with Crippen LogP contribution >= 0.6 is 0 Å². The van der Waals surface area contributed by atoms with Crippen LogP contribution in [0.3, 0.4) is 0 Å². The Balaban J connectivity index is 2.69. The minimum absolute atomic E-state index is 0.0726. The first-order valence-corrected chi connectivity index (χ1v) is 5.90. The number of nitrogens with two attached hydrogens (primary N) is 1. The third kappa shape index (κ3) is 3.56. The van der Waals surface area contributed by atoms with Crippen molar-refractivity contribution in [2.24, 2.45) is 5.84 Å². The summed E-state index contributed by atoms with van der Waals surface area (Å²) in [6.45, 7) is 5.62. The van der Waals surface area contributed by atoms with E-state index in [4.69, 9.17) is 5.84 Å². The average molecular weight is 252 g/mol. The van der Waals surface area contributed by atoms with Crippen molar-refractivity contribution in [2.45, 2.75) is 13.8 Å². The Morgan fingerprint density at radius 1 is 1.44 bits per heavy atom. The van der Waals surface area contributed by atoms with Crippen molar-refractivity contribution in [2.75, 3.05) is 37.0 Å². The Morgan fingerprint density at radius 2 is 2.11 bits per heavy atom. The fraction of sp³-hybridized carbons (Fsp3) is 0.545. The third-order valence-electron chi connectivity index (χ3n) is 2.65. The van der Waals surface area contributed by atoms with Gasteiger partial charge in [-0.1, -0.05) is 0 Å². The number of rotatable bonds is 6. The van der Waals surface area contributed by atoms with Gasteiger partial charge in [0.05, 0.1) is 6.54 Å². The van der Waals surface area contributed by atoms with Crippen molar-refractivity contribution in [3.8, 4) is 0 Å². The number of nitrogen functional groups attached to an aromatic ring is 1. The van der Waals surface area contributed by atoms with Crippen LogP contribution in [0.5, 0.6) is 0 Å². The van der Waals surface area contributed by atoms with E-state index >= 15 is 0 Å². The number of nitrogens with one attached hydrogen (secondary N) is 1. The summed E-state index contributed by atoms with van der Waals surface area (Å²) in [5, 5.41) is 0. The summed E-state index contributed by atoms with van der Waals surface area (Å²) in [5.41, 5.74) is 2.38. The molecule has 0 saturated carbocycles. The van der Waals surface area contributed by atoms with Crippen LogP contribution in [0.4, 0.5) is 11.8 Å². The van der Waals surface area contributed by atoms with Gasteiger partial charge in [-0.2, -0.15) is 4.98 Å². The van der Waals surface area contributed by atoms with Crippen molar-refractivity contribution in [1.29, 1.82) is 0 Å². The van der Waals surface area contributed by atoms with Crippen LogP contribution < -0.4 is 16.2 Å². The molecular weight excluding hydrogens is 232 g/mol. The number of carbonyl (C=O) groups excluding carboxylic acids is 1. The molecule has 0 fully saturated rings. The second-order valence-corrected chi connectivity index (χ2v) is 3.80. The molecular formula is C11H20N6O. The lowest BCUT2D eigenvalue weighted by molar-refractivity contribution is -0.129. The smallest absolute Gasteiger partial charge is 0.242 e. The van der Waals surface area contributed by atoms with E-state index < -0.39 is 0 Å². The normalized spacial score (nSPS) is 10.0. The molecule has 7 heteroatoms. The molecule has 3 N–H and O–H groups in total. The number of aromatic nitrogens is 2. The minimum atomic E-state index is 0.0726. The molecule has 1 heterocycles. The molecule has 0 spiro atoms. The van der Waals surface area contributed by atoms with E-state index in [2.05, 4.69) is 15.4 Å². The van der Waals surface area contributed by atoms with Gasteiger partial charge in [-0.3, -0.25) is 10.2 Å². The van der Waals surface area contributed by atoms with Gasteiger partial charge >= 0.3 is 0 Å². The molecule has 0 saturated heterocycles. The van der Waals surface area contributed by atoms with E-state index in [1.54, 1.807) is 22.1 Å². The second kappa shape index (κ2) is 6.75. The summed E-state index contributed by atoms with van der Waals surface area (Å²) in [5.74, 6) is 6.29. The first-order valence-electron chi connectivity index (χ1n) is 5.90. The number of hydrogen-bond acceptors (Lipinski definition) is 6. The van der Waals surface area contributed by atoms with Crippen LogP contribution in [0.15, 0.2) is 12.3 Å². The lowest BCUT2D eigenvalue weighted by Crippen LogP contribution is -2.39. The zero-order valence-electron chi connectivity index (χ0n) is 11.1. The van der Waals surface area contributed by atoms with Gasteiger partial charge in [-0.15, -0.1) is 0 Å². The molecule has 0 bridgehead atoms. The molecule has 0 aliphatic carbocycles. The quantitative estimate of drug-likeness (QED) is 0.550. The molecule has 1 amide bonds. The van der Waals surface area contributed by atoms with Gasteiger partial charge in [-0.25, -0.2) is 10.8 Å². The highest BCUT2D eigenvalue weighted by molar-refractivity contribution is 5.81. The maximum Gasteiger partial charge on any atom is 0.242 e. The minimum Gasteiger partial charge on any atom is -0.350 e. The summed E-state index contributed by atoms with van der Waals surface area (Å²) in [6.07, 6.45) is 1.59. The summed E-state index contributed by atoms with van der Waals surface area (Å²) in [7, 11) is 1.81. The number of likely N-dealkylation sites (N-methyl/N-ethyl adjacent to an activating group) is 2. The number of anilines is 2. The maximum absolute atomic E-state index is 11.9. The third-order valence-corrected chi connectivity index (χ3v) is 2.65. The number of carbonyl (C=O) groups is 1. The Morgan fingerprint density at radius 3 is 2.67 bits per heavy atom. The Kier molecular flexibility index (Phi) is 5.31. The van der Waals surface area contributed by atoms with Crippen LogP contribution in [0.25, 0.3) is 0 Å². The molecule has 0 aliphatic heterocycles. The van der Waals surface area contributed by atoms with Crippen molar-refractivity contribution in [1.82, 2.24) is 14.9 Å². The first-order chi connectivity index (χ1) is 8.62. The Hall–Kier alpha value is -1.89. The van der Waals surface area contributed by atoms with Crippen LogP contribution in [0.1, 0.15) is 13.8 Å². The highest BCUT2D eigenvalue weighted by Crippen LogP contribution is 2.09. The molecule has 0 atom stereocenters. The maximum atomic E-state index is 11.9. The van der Waals surface area contributed by atoms with E-state index in [0.29, 0.717) is 24.9 Å². The molecule has 0 unspecified atom stereocenters. The van der Waals surface area contributed by atoms with Crippen molar-refractivity contribution < 1.29 is 4.79 Å². The molecule has 7 nitrogen and oxygen atoms in total. The zero-order chi connectivity index (χ0) is 13.5. The topological polar surface area (TPSA) is 87.4 Å². The van der Waals surface area contributed by atoms with Gasteiger partial charge in [0.2, 0.25) is 11.9 Å². The molecule has 100 valence electrons. The lowest BCUT2D eigenvalue weighted by atomic mass is 10.4. The molecule has 0 aromatic carbocycles. The predicted octanol–water partition coefficient (Wildman–Crippen LogP) is 0.0668. The fourth-order valence-electron chi connectivity index (χ4n) is 1.59. The monoisotopic (exact) mass is 252 g/mol. The highest BCUT2D eigenvalue weighted by Gasteiger charge is 2.13. The van der Waals surface area contributed by atoms with E-state index in [-0.39, 0.29) is 12.5 Å². The summed E-state index contributed by atoms with van der Waals surface area (Å²) >= 11 is 0. The molecule has 0 radical (unpaired) electrons. The summed E-state index contributed by atoms with van der Waals surface area (Å²) < 4.78 is 0. The molecule has 0 aliphatic rings. The summed E-state index contributed by atoms with van der Waals surface area (Å²) in [6, 6.07) is 1.73. The Bertz CT molecular complexity index is 393. The van der Waals surface area contributed by atoms with Crippen molar-refractivity contribution in [3.63, 3.8) is 0 Å². The van der Waals surface area contributed by atoms with Gasteiger partial charge in [-0.05, 0) is 19.9 Å². The number of nitrogens with zero attached hydrogens (tertiary/aromatic N) is 4. The van der Waals surface area contributed by atoms with Crippen LogP contribution in [0, 0.1) is 0 Å². The molecule has 1 rings (SSSR count). The average Bonchev–Trinajstić information content (AvgIpc) is 2.40. The number of hydrazine groups is 1. The standard InChI is InChI=1S/C11H20N6O/c1-4-17(5-2)10(18)8-16(3)9-6-7-13-11(14-9)15-12/h6-7H,4-5,8,12H2,1-3H3,(H,13,14,15). The van der Waals surface area contributed by atoms with Crippen LogP contribution in [-0.4, -0.2) is 47.5 Å². The molecule has 1 aromatic heterocycles. The zero-order valence-corrected chi connectivity index (χ0v) is 11.1. The fourth-order valence-corrected chi connectivity index (χ4v) is 1.59. The molecule has 18 heavy (non-hydrogen) atoms. The van der Waals surface area contributed by atoms with E-state index in [1.165, 1.54) is 0 Å². The van der Waals surface area contributed by atoms with Gasteiger partial charge < -0.3 is 9.80 Å². The lowest BCUT2D eigenvalue weighted by Gasteiger charge is -2.23. The molecule has 1 aromatic rings. The first kappa shape index (κ1) is 14.2. The van der Waals surface area contributed by atoms with Gasteiger partial charge in [0.25, 0.3) is 0 Å². The van der Waals surface area contributed by atoms with Crippen molar-refractivity contribution in [3.05, 3.63) is 12.3 Å². The van der Waals surface area contributed by atoms with Gasteiger partial charge in [0.1, 0.15) is 5.82 Å². The van der Waals surface area contributed by atoms with E-state index in [9.17, 15) is 4.79 Å². The van der Waals surface area contributed by atoms with Gasteiger partial charge in [0, 0.05) is 26.3 Å². The summed E-state index contributed by atoms with van der Waals surface area (Å²) in [4.78, 5) is 23.6. The van der Waals surface area contributed by atoms with Crippen LogP contribution in [0.2, 0.25) is 0 Å². The number of amides is 1. The highest BCUT2D eigenvalue weighted by atomic mass is 16.2. The Labute approximate surface area is 107 Å². The van der Waals surface area contributed by atoms with Crippen molar-refractivity contribution >= 4 is 17.7 Å². The van der Waals surface area contributed by atoms with Crippen LogP contribution in [-0.2, 0) is 4.79 Å². The predicted molar refractivity (Wildman–Crippen MR) is 71.0 cm³/mol. The van der Waals surface area contributed by atoms with Gasteiger partial charge in [0.15, 0.2) is 0 Å².